The maximum atomic E-state index is 14.1. The molecule has 0 radical (unpaired) electrons. The summed E-state index contributed by atoms with van der Waals surface area (Å²) in [5.74, 6) is 1.17. The molecule has 6 heteroatoms. The molecule has 0 saturated carbocycles. The third-order valence-electron chi connectivity index (χ3n) is 3.46. The molecule has 0 spiro atoms. The third kappa shape index (κ3) is 4.29. The Morgan fingerprint density at radius 1 is 1.00 bits per heavy atom. The number of aromatic nitrogens is 3. The van der Waals surface area contributed by atoms with Gasteiger partial charge in [0.15, 0.2) is 5.82 Å². The van der Waals surface area contributed by atoms with E-state index >= 15 is 0 Å². The first kappa shape index (κ1) is 16.8. The number of nitrogens with zero attached hydrogens (tertiary/aromatic N) is 3. The normalized spacial score (nSPS) is 10.8. The quantitative estimate of drug-likeness (QED) is 0.715. The standard InChI is InChI=1S/C19H20FN5/c1-12(2)22-17-10-18(23-14-9-8-13(3)21-11-14)25-19(24-17)15-6-4-5-7-16(15)20/h4-12H,1-3H3,(H2,22,23,24,25). The van der Waals surface area contributed by atoms with Gasteiger partial charge in [0.05, 0.1) is 17.4 Å². The first-order valence-electron chi connectivity index (χ1n) is 8.11. The lowest BCUT2D eigenvalue weighted by atomic mass is 10.2. The Balaban J connectivity index is 2.00. The van der Waals surface area contributed by atoms with Crippen LogP contribution in [0.5, 0.6) is 0 Å². The second kappa shape index (κ2) is 7.25. The number of hydrogen-bond donors (Lipinski definition) is 2. The van der Waals surface area contributed by atoms with Gasteiger partial charge in [0, 0.05) is 17.8 Å². The van der Waals surface area contributed by atoms with E-state index in [4.69, 9.17) is 0 Å². The molecule has 128 valence electrons. The van der Waals surface area contributed by atoms with Crippen LogP contribution in [0.15, 0.2) is 48.7 Å². The third-order valence-corrected chi connectivity index (χ3v) is 3.46. The van der Waals surface area contributed by atoms with E-state index < -0.39 is 0 Å². The molecule has 0 aliphatic carbocycles. The number of benzene rings is 1. The van der Waals surface area contributed by atoms with Crippen LogP contribution < -0.4 is 10.6 Å². The molecule has 0 amide bonds. The van der Waals surface area contributed by atoms with Gasteiger partial charge in [-0.1, -0.05) is 12.1 Å². The Labute approximate surface area is 146 Å². The lowest BCUT2D eigenvalue weighted by molar-refractivity contribution is 0.630. The summed E-state index contributed by atoms with van der Waals surface area (Å²) in [5.41, 5.74) is 2.10. The highest BCUT2D eigenvalue weighted by Gasteiger charge is 2.11. The van der Waals surface area contributed by atoms with Gasteiger partial charge in [-0.3, -0.25) is 4.98 Å². The zero-order chi connectivity index (χ0) is 17.8. The molecule has 3 aromatic rings. The average Bonchev–Trinajstić information content (AvgIpc) is 2.56. The highest BCUT2D eigenvalue weighted by atomic mass is 19.1. The molecule has 0 atom stereocenters. The molecule has 0 unspecified atom stereocenters. The summed E-state index contributed by atoms with van der Waals surface area (Å²) in [6, 6.07) is 12.3. The Morgan fingerprint density at radius 2 is 1.76 bits per heavy atom. The molecule has 2 N–H and O–H groups in total. The van der Waals surface area contributed by atoms with Crippen molar-refractivity contribution in [2.24, 2.45) is 0 Å². The molecule has 0 fully saturated rings. The van der Waals surface area contributed by atoms with Crippen molar-refractivity contribution in [1.82, 2.24) is 15.0 Å². The fourth-order valence-electron chi connectivity index (χ4n) is 2.33. The van der Waals surface area contributed by atoms with Crippen LogP contribution in [0.25, 0.3) is 11.4 Å². The van der Waals surface area contributed by atoms with Crippen LogP contribution >= 0.6 is 0 Å². The molecular formula is C19H20FN5. The lowest BCUT2D eigenvalue weighted by Crippen LogP contribution is -2.12. The lowest BCUT2D eigenvalue weighted by Gasteiger charge is -2.13. The zero-order valence-electron chi connectivity index (χ0n) is 14.4. The molecule has 2 heterocycles. The van der Waals surface area contributed by atoms with Crippen molar-refractivity contribution in [2.75, 3.05) is 10.6 Å². The van der Waals surface area contributed by atoms with E-state index in [1.54, 1.807) is 30.5 Å². The Hall–Kier alpha value is -3.02. The molecular weight excluding hydrogens is 317 g/mol. The topological polar surface area (TPSA) is 62.7 Å². The van der Waals surface area contributed by atoms with Crippen molar-refractivity contribution in [2.45, 2.75) is 26.8 Å². The SMILES string of the molecule is Cc1ccc(Nc2cc(NC(C)C)nc(-c3ccccc3F)n2)cn1. The predicted octanol–water partition coefficient (Wildman–Crippen LogP) is 4.55. The maximum absolute atomic E-state index is 14.1. The summed E-state index contributed by atoms with van der Waals surface area (Å²) in [6.07, 6.45) is 1.73. The van der Waals surface area contributed by atoms with Crippen LogP contribution in [0.2, 0.25) is 0 Å². The Bertz CT molecular complexity index is 862. The molecule has 5 nitrogen and oxygen atoms in total. The molecule has 0 saturated heterocycles. The Morgan fingerprint density at radius 3 is 2.44 bits per heavy atom. The smallest absolute Gasteiger partial charge is 0.166 e. The average molecular weight is 337 g/mol. The first-order chi connectivity index (χ1) is 12.0. The van der Waals surface area contributed by atoms with Crippen LogP contribution in [-0.4, -0.2) is 21.0 Å². The van der Waals surface area contributed by atoms with Crippen molar-refractivity contribution in [3.8, 4) is 11.4 Å². The number of nitrogens with one attached hydrogen (secondary N) is 2. The molecule has 0 aliphatic rings. The van der Waals surface area contributed by atoms with Gasteiger partial charge in [0.1, 0.15) is 17.5 Å². The number of anilines is 3. The maximum Gasteiger partial charge on any atom is 0.166 e. The van der Waals surface area contributed by atoms with Crippen LogP contribution in [0.1, 0.15) is 19.5 Å². The van der Waals surface area contributed by atoms with Gasteiger partial charge in [0.2, 0.25) is 0 Å². The highest BCUT2D eigenvalue weighted by Crippen LogP contribution is 2.24. The van der Waals surface area contributed by atoms with Crippen LogP contribution in [0.4, 0.5) is 21.7 Å². The minimum atomic E-state index is -0.354. The van der Waals surface area contributed by atoms with Crippen molar-refractivity contribution >= 4 is 17.3 Å². The van der Waals surface area contributed by atoms with E-state index in [0.29, 0.717) is 23.0 Å². The van der Waals surface area contributed by atoms with Gasteiger partial charge < -0.3 is 10.6 Å². The predicted molar refractivity (Wildman–Crippen MR) is 98.4 cm³/mol. The van der Waals surface area contributed by atoms with E-state index in [9.17, 15) is 4.39 Å². The van der Waals surface area contributed by atoms with Gasteiger partial charge in [-0.15, -0.1) is 0 Å². The fourth-order valence-corrected chi connectivity index (χ4v) is 2.33. The summed E-state index contributed by atoms with van der Waals surface area (Å²) < 4.78 is 14.1. The van der Waals surface area contributed by atoms with Gasteiger partial charge in [-0.2, -0.15) is 0 Å². The molecule has 1 aromatic carbocycles. The zero-order valence-corrected chi connectivity index (χ0v) is 14.4. The van der Waals surface area contributed by atoms with Crippen LogP contribution in [-0.2, 0) is 0 Å². The van der Waals surface area contributed by atoms with E-state index in [-0.39, 0.29) is 11.9 Å². The van der Waals surface area contributed by atoms with E-state index in [2.05, 4.69) is 25.6 Å². The summed E-state index contributed by atoms with van der Waals surface area (Å²) in [4.78, 5) is 13.2. The number of hydrogen-bond acceptors (Lipinski definition) is 5. The van der Waals surface area contributed by atoms with E-state index in [1.807, 2.05) is 32.9 Å². The molecule has 0 aliphatic heterocycles. The van der Waals surface area contributed by atoms with Gasteiger partial charge in [-0.05, 0) is 45.0 Å². The summed E-state index contributed by atoms with van der Waals surface area (Å²) in [6.45, 7) is 5.96. The number of rotatable bonds is 5. The minimum absolute atomic E-state index is 0.192. The number of halogens is 1. The molecule has 0 bridgehead atoms. The van der Waals surface area contributed by atoms with Crippen LogP contribution in [0.3, 0.4) is 0 Å². The highest BCUT2D eigenvalue weighted by molar-refractivity contribution is 5.65. The van der Waals surface area contributed by atoms with E-state index in [1.165, 1.54) is 6.07 Å². The molecule has 3 rings (SSSR count). The van der Waals surface area contributed by atoms with Crippen molar-refractivity contribution < 1.29 is 4.39 Å². The number of pyridine rings is 1. The Kier molecular flexibility index (Phi) is 4.88. The summed E-state index contributed by atoms with van der Waals surface area (Å²) in [5, 5.41) is 6.44. The minimum Gasteiger partial charge on any atom is -0.368 e. The monoisotopic (exact) mass is 337 g/mol. The van der Waals surface area contributed by atoms with Crippen molar-refractivity contribution in [1.29, 1.82) is 0 Å². The van der Waals surface area contributed by atoms with Gasteiger partial charge in [0.25, 0.3) is 0 Å². The second-order valence-electron chi connectivity index (χ2n) is 6.05. The van der Waals surface area contributed by atoms with Crippen molar-refractivity contribution in [3.63, 3.8) is 0 Å². The van der Waals surface area contributed by atoms with Crippen molar-refractivity contribution in [3.05, 3.63) is 60.2 Å². The van der Waals surface area contributed by atoms with Gasteiger partial charge >= 0.3 is 0 Å². The van der Waals surface area contributed by atoms with Gasteiger partial charge in [-0.25, -0.2) is 14.4 Å². The summed E-state index contributed by atoms with van der Waals surface area (Å²) >= 11 is 0. The fraction of sp³-hybridized carbons (Fsp3) is 0.211. The summed E-state index contributed by atoms with van der Waals surface area (Å²) in [7, 11) is 0. The van der Waals surface area contributed by atoms with Crippen LogP contribution in [0, 0.1) is 12.7 Å². The molecule has 2 aromatic heterocycles. The number of aryl methyl sites for hydroxylation is 1. The largest absolute Gasteiger partial charge is 0.368 e. The molecule has 25 heavy (non-hydrogen) atoms. The second-order valence-corrected chi connectivity index (χ2v) is 6.05. The van der Waals surface area contributed by atoms with E-state index in [0.717, 1.165) is 11.4 Å². The first-order valence-corrected chi connectivity index (χ1v) is 8.11.